The van der Waals surface area contributed by atoms with Crippen molar-refractivity contribution in [1.82, 2.24) is 0 Å². The number of carbonyl (C=O) groups excluding carboxylic acids is 1. The van der Waals surface area contributed by atoms with Gasteiger partial charge in [0, 0.05) is 5.92 Å². The summed E-state index contributed by atoms with van der Waals surface area (Å²) in [5, 5.41) is 0. The fourth-order valence-electron chi connectivity index (χ4n) is 2.87. The van der Waals surface area contributed by atoms with E-state index < -0.39 is 0 Å². The number of carbonyl (C=O) groups is 1. The Balaban J connectivity index is 2.18. The molecule has 0 amide bonds. The monoisotopic (exact) mass is 246 g/mol. The van der Waals surface area contributed by atoms with Gasteiger partial charge in [0.15, 0.2) is 0 Å². The lowest BCUT2D eigenvalue weighted by Gasteiger charge is -2.08. The van der Waals surface area contributed by atoms with Gasteiger partial charge in [-0.2, -0.15) is 0 Å². The van der Waals surface area contributed by atoms with Crippen LogP contribution in [0.25, 0.3) is 0 Å². The van der Waals surface area contributed by atoms with Gasteiger partial charge in [0.2, 0.25) is 0 Å². The van der Waals surface area contributed by atoms with Crippen LogP contribution in [0.2, 0.25) is 0 Å². The lowest BCUT2D eigenvalue weighted by atomic mass is 10.0. The van der Waals surface area contributed by atoms with Crippen molar-refractivity contribution in [3.8, 4) is 0 Å². The number of rotatable bonds is 3. The fraction of sp³-hybridized carbons (Fsp3) is 0.562. The van der Waals surface area contributed by atoms with Gasteiger partial charge in [-0.1, -0.05) is 43.7 Å². The summed E-state index contributed by atoms with van der Waals surface area (Å²) in [6.07, 6.45) is -0.0351. The standard InChI is InChI=1S/C16H22O2/c1-10(2)18-15(17)14-13(16(14,4)5)12-8-6-7-11(3)9-12/h6-10,13-14H,1-5H3. The first-order chi connectivity index (χ1) is 8.34. The van der Waals surface area contributed by atoms with Crippen LogP contribution in [0.3, 0.4) is 0 Å². The zero-order chi connectivity index (χ0) is 13.5. The van der Waals surface area contributed by atoms with E-state index in [4.69, 9.17) is 4.74 Å². The van der Waals surface area contributed by atoms with Gasteiger partial charge in [0.05, 0.1) is 12.0 Å². The molecule has 0 aliphatic heterocycles. The largest absolute Gasteiger partial charge is 0.463 e. The SMILES string of the molecule is Cc1cccc(C2C(C(=O)OC(C)C)C2(C)C)c1. The Labute approximate surface area is 109 Å². The Hall–Kier alpha value is -1.31. The summed E-state index contributed by atoms with van der Waals surface area (Å²) in [7, 11) is 0. The maximum absolute atomic E-state index is 12.1. The zero-order valence-corrected chi connectivity index (χ0v) is 11.9. The molecule has 0 N–H and O–H groups in total. The van der Waals surface area contributed by atoms with E-state index in [0.29, 0.717) is 5.92 Å². The van der Waals surface area contributed by atoms with Gasteiger partial charge in [0.25, 0.3) is 0 Å². The van der Waals surface area contributed by atoms with Crippen molar-refractivity contribution in [1.29, 1.82) is 0 Å². The van der Waals surface area contributed by atoms with Crippen molar-refractivity contribution in [3.63, 3.8) is 0 Å². The van der Waals surface area contributed by atoms with Crippen LogP contribution in [0.4, 0.5) is 0 Å². The molecule has 2 nitrogen and oxygen atoms in total. The van der Waals surface area contributed by atoms with Crippen LogP contribution in [0.1, 0.15) is 44.7 Å². The molecule has 2 atom stereocenters. The van der Waals surface area contributed by atoms with E-state index in [1.807, 2.05) is 13.8 Å². The van der Waals surface area contributed by atoms with Crippen LogP contribution in [-0.4, -0.2) is 12.1 Å². The molecule has 2 unspecified atom stereocenters. The van der Waals surface area contributed by atoms with Crippen molar-refractivity contribution < 1.29 is 9.53 Å². The van der Waals surface area contributed by atoms with Crippen molar-refractivity contribution in [2.75, 3.05) is 0 Å². The lowest BCUT2D eigenvalue weighted by molar-refractivity contribution is -0.149. The third-order valence-electron chi connectivity index (χ3n) is 3.83. The summed E-state index contributed by atoms with van der Waals surface area (Å²) >= 11 is 0. The molecule has 1 saturated carbocycles. The second-order valence-electron chi connectivity index (χ2n) is 6.18. The fourth-order valence-corrected chi connectivity index (χ4v) is 2.87. The van der Waals surface area contributed by atoms with Gasteiger partial charge in [0.1, 0.15) is 0 Å². The minimum absolute atomic E-state index is 0.00157. The highest BCUT2D eigenvalue weighted by Crippen LogP contribution is 2.64. The Morgan fingerprint density at radius 2 is 2.00 bits per heavy atom. The Kier molecular flexibility index (Phi) is 3.22. The highest BCUT2D eigenvalue weighted by Gasteiger charge is 2.63. The minimum Gasteiger partial charge on any atom is -0.463 e. The summed E-state index contributed by atoms with van der Waals surface area (Å²) in [5.74, 6) is 0.242. The molecule has 98 valence electrons. The number of ether oxygens (including phenoxy) is 1. The van der Waals surface area contributed by atoms with Crippen LogP contribution < -0.4 is 0 Å². The molecule has 1 aliphatic rings. The predicted molar refractivity (Wildman–Crippen MR) is 72.4 cm³/mol. The normalized spacial score (nSPS) is 25.0. The first kappa shape index (κ1) is 13.1. The molecule has 0 bridgehead atoms. The average molecular weight is 246 g/mol. The first-order valence-corrected chi connectivity index (χ1v) is 6.61. The maximum atomic E-state index is 12.1. The van der Waals surface area contributed by atoms with Gasteiger partial charge in [-0.05, 0) is 31.7 Å². The molecule has 1 fully saturated rings. The lowest BCUT2D eigenvalue weighted by Crippen LogP contribution is -2.15. The Bertz CT molecular complexity index is 460. The van der Waals surface area contributed by atoms with Gasteiger partial charge in [-0.25, -0.2) is 0 Å². The minimum atomic E-state index is -0.0542. The topological polar surface area (TPSA) is 26.3 Å². The molecule has 1 aromatic carbocycles. The van der Waals surface area contributed by atoms with E-state index in [0.717, 1.165) is 0 Å². The van der Waals surface area contributed by atoms with E-state index >= 15 is 0 Å². The summed E-state index contributed by atoms with van der Waals surface area (Å²) in [5.41, 5.74) is 2.51. The summed E-state index contributed by atoms with van der Waals surface area (Å²) in [6, 6.07) is 8.43. The van der Waals surface area contributed by atoms with Crippen molar-refractivity contribution in [2.24, 2.45) is 11.3 Å². The summed E-state index contributed by atoms with van der Waals surface area (Å²) in [4.78, 5) is 12.1. The first-order valence-electron chi connectivity index (χ1n) is 6.61. The van der Waals surface area contributed by atoms with E-state index in [-0.39, 0.29) is 23.4 Å². The van der Waals surface area contributed by atoms with Crippen molar-refractivity contribution in [2.45, 2.75) is 46.6 Å². The molecule has 0 spiro atoms. The molecule has 2 heteroatoms. The van der Waals surface area contributed by atoms with Crippen LogP contribution in [0.5, 0.6) is 0 Å². The summed E-state index contributed by atoms with van der Waals surface area (Å²) < 4.78 is 5.35. The molecule has 0 saturated heterocycles. The van der Waals surface area contributed by atoms with E-state index in [1.165, 1.54) is 11.1 Å². The Morgan fingerprint density at radius 3 is 2.56 bits per heavy atom. The molecule has 1 aromatic rings. The highest BCUT2D eigenvalue weighted by atomic mass is 16.5. The molecule has 0 aromatic heterocycles. The highest BCUT2D eigenvalue weighted by molar-refractivity contribution is 5.79. The third-order valence-corrected chi connectivity index (χ3v) is 3.83. The number of aryl methyl sites for hydroxylation is 1. The third kappa shape index (κ3) is 2.29. The van der Waals surface area contributed by atoms with Gasteiger partial charge >= 0.3 is 5.97 Å². The van der Waals surface area contributed by atoms with Crippen LogP contribution in [-0.2, 0) is 9.53 Å². The second kappa shape index (κ2) is 4.42. The smallest absolute Gasteiger partial charge is 0.310 e. The average Bonchev–Trinajstić information content (AvgIpc) is 2.80. The molecular weight excluding hydrogens is 224 g/mol. The molecule has 2 rings (SSSR count). The molecular formula is C16H22O2. The maximum Gasteiger partial charge on any atom is 0.310 e. The molecule has 18 heavy (non-hydrogen) atoms. The van der Waals surface area contributed by atoms with Crippen molar-refractivity contribution in [3.05, 3.63) is 35.4 Å². The number of hydrogen-bond donors (Lipinski definition) is 0. The van der Waals surface area contributed by atoms with Crippen LogP contribution in [0.15, 0.2) is 24.3 Å². The van der Waals surface area contributed by atoms with E-state index in [9.17, 15) is 4.79 Å². The van der Waals surface area contributed by atoms with Gasteiger partial charge in [-0.15, -0.1) is 0 Å². The Morgan fingerprint density at radius 1 is 1.33 bits per heavy atom. The van der Waals surface area contributed by atoms with E-state index in [1.54, 1.807) is 0 Å². The molecule has 0 radical (unpaired) electrons. The van der Waals surface area contributed by atoms with Crippen LogP contribution >= 0.6 is 0 Å². The van der Waals surface area contributed by atoms with Gasteiger partial charge in [-0.3, -0.25) is 4.79 Å². The second-order valence-corrected chi connectivity index (χ2v) is 6.18. The zero-order valence-electron chi connectivity index (χ0n) is 11.9. The number of benzene rings is 1. The van der Waals surface area contributed by atoms with E-state index in [2.05, 4.69) is 45.0 Å². The quantitative estimate of drug-likeness (QED) is 0.760. The van der Waals surface area contributed by atoms with Gasteiger partial charge < -0.3 is 4.74 Å². The van der Waals surface area contributed by atoms with Crippen LogP contribution in [0, 0.1) is 18.3 Å². The number of hydrogen-bond acceptors (Lipinski definition) is 2. The summed E-state index contributed by atoms with van der Waals surface area (Å²) in [6.45, 7) is 10.2. The molecule has 1 aliphatic carbocycles. The number of esters is 1. The van der Waals surface area contributed by atoms with Crippen molar-refractivity contribution >= 4 is 5.97 Å². The predicted octanol–water partition coefficient (Wildman–Crippen LogP) is 3.69. The molecule has 0 heterocycles.